The highest BCUT2D eigenvalue weighted by Gasteiger charge is 2.47. The van der Waals surface area contributed by atoms with Crippen molar-refractivity contribution in [1.29, 1.82) is 0 Å². The van der Waals surface area contributed by atoms with Gasteiger partial charge in [-0.25, -0.2) is 0 Å². The van der Waals surface area contributed by atoms with Crippen LogP contribution in [0, 0.1) is 5.92 Å². The van der Waals surface area contributed by atoms with Crippen LogP contribution in [0.5, 0.6) is 0 Å². The van der Waals surface area contributed by atoms with Crippen LogP contribution in [0.15, 0.2) is 176 Å². The largest absolute Gasteiger partial charge is 0.480 e. The fourth-order valence-corrected chi connectivity index (χ4v) is 16.8. The number of fused-ring (bicyclic) bond motifs is 11. The van der Waals surface area contributed by atoms with Gasteiger partial charge in [0.05, 0.1) is 0 Å². The minimum absolute atomic E-state index is 0.0469. The van der Waals surface area contributed by atoms with Crippen LogP contribution in [-0.4, -0.2) is 34.3 Å². The Morgan fingerprint density at radius 1 is 0.482 bits per heavy atom. The molecule has 1 aliphatic heterocycles. The molecule has 2 atom stereocenters. The predicted octanol–water partition coefficient (Wildman–Crippen LogP) is 20.2. The molecule has 0 saturated heterocycles. The lowest BCUT2D eigenvalue weighted by molar-refractivity contribution is -0.137. The summed E-state index contributed by atoms with van der Waals surface area (Å²) in [6.45, 7) is 13.6. The van der Waals surface area contributed by atoms with Gasteiger partial charge in [0.2, 0.25) is 0 Å². The number of unbranched alkanes of at least 4 members (excludes halogenated alkanes) is 6. The molecule has 1 N–H and O–H groups in total. The van der Waals surface area contributed by atoms with E-state index in [1.165, 1.54) is 122 Å². The molecule has 4 aliphatic carbocycles. The number of carboxylic acid groups (broad SMARTS) is 1. The zero-order chi connectivity index (χ0) is 58.3. The molecule has 85 heavy (non-hydrogen) atoms. The van der Waals surface area contributed by atoms with E-state index in [1.54, 1.807) is 12.1 Å². The van der Waals surface area contributed by atoms with E-state index in [9.17, 15) is 19.5 Å². The van der Waals surface area contributed by atoms with E-state index in [0.29, 0.717) is 28.3 Å². The maximum atomic E-state index is 13.9. The van der Waals surface area contributed by atoms with E-state index in [0.717, 1.165) is 68.3 Å². The SMILES string of the molecule is CCCCCCC1(CCCCCC)c2cc(-c3ccc4c5ccc6c7c(ccc(c8cccc3c84)c75)C(=O)N(CC(=O)O)C6=O)ccc2-c2ccc(N(c3ccc4c(c3)C(C)(C)c3ccccc3-4)c3ccc4c(c3)C(C)(C)C3C=CC=CC43)cc21. The van der Waals surface area contributed by atoms with Gasteiger partial charge in [0.1, 0.15) is 6.54 Å². The normalized spacial score (nSPS) is 17.9. The van der Waals surface area contributed by atoms with Gasteiger partial charge in [0.15, 0.2) is 0 Å². The molecule has 0 spiro atoms. The second-order valence-corrected chi connectivity index (χ2v) is 26.3. The van der Waals surface area contributed by atoms with Crippen molar-refractivity contribution in [3.05, 3.63) is 220 Å². The van der Waals surface area contributed by atoms with Crippen LogP contribution in [0.4, 0.5) is 17.1 Å². The number of anilines is 3. The van der Waals surface area contributed by atoms with Crippen LogP contribution in [0.25, 0.3) is 76.5 Å². The van der Waals surface area contributed by atoms with E-state index in [1.807, 2.05) is 12.1 Å². The Balaban J connectivity index is 0.903. The Kier molecular flexibility index (Phi) is 12.3. The minimum atomic E-state index is -1.23. The number of nitrogens with zero attached hydrogens (tertiary/aromatic N) is 2. The van der Waals surface area contributed by atoms with E-state index < -0.39 is 24.3 Å². The van der Waals surface area contributed by atoms with Crippen LogP contribution in [-0.2, 0) is 21.0 Å². The maximum Gasteiger partial charge on any atom is 0.323 e. The molecule has 422 valence electrons. The van der Waals surface area contributed by atoms with Crippen molar-refractivity contribution >= 4 is 77.9 Å². The Morgan fingerprint density at radius 3 is 1.68 bits per heavy atom. The molecule has 1 heterocycles. The molecule has 15 rings (SSSR count). The molecule has 5 aliphatic rings. The van der Waals surface area contributed by atoms with Gasteiger partial charge < -0.3 is 10.0 Å². The fraction of sp³-hybridized carbons (Fsp3) is 0.278. The van der Waals surface area contributed by atoms with Gasteiger partial charge in [-0.15, -0.1) is 0 Å². The average Bonchev–Trinajstić information content (AvgIpc) is 1.34. The molecule has 0 aromatic heterocycles. The summed E-state index contributed by atoms with van der Waals surface area (Å²) in [6.07, 6.45) is 20.9. The number of allylic oxidation sites excluding steroid dienone is 4. The van der Waals surface area contributed by atoms with Gasteiger partial charge in [0, 0.05) is 50.3 Å². The number of hydrogen-bond donors (Lipinski definition) is 1. The summed E-state index contributed by atoms with van der Waals surface area (Å²) in [5.41, 5.74) is 20.0. The van der Waals surface area contributed by atoms with E-state index >= 15 is 0 Å². The number of hydrogen-bond acceptors (Lipinski definition) is 4. The highest BCUT2D eigenvalue weighted by Crippen LogP contribution is 2.59. The van der Waals surface area contributed by atoms with Crippen LogP contribution in [0.1, 0.15) is 166 Å². The Hall–Kier alpha value is -8.61. The number of imide groups is 1. The summed E-state index contributed by atoms with van der Waals surface area (Å²) in [7, 11) is 0. The second-order valence-electron chi connectivity index (χ2n) is 26.3. The predicted molar refractivity (Wildman–Crippen MR) is 350 cm³/mol. The number of benzene rings is 10. The summed E-state index contributed by atoms with van der Waals surface area (Å²) in [5, 5.41) is 17.5. The molecular weight excluding hydrogens is 1040 g/mol. The fourth-order valence-electron chi connectivity index (χ4n) is 16.8. The Bertz CT molecular complexity index is 4470. The van der Waals surface area contributed by atoms with Gasteiger partial charge in [-0.3, -0.25) is 19.3 Å². The number of carboxylic acids is 1. The number of rotatable bonds is 16. The summed E-state index contributed by atoms with van der Waals surface area (Å²) in [5.74, 6) is -1.61. The molecule has 0 fully saturated rings. The van der Waals surface area contributed by atoms with Crippen molar-refractivity contribution in [3.8, 4) is 33.4 Å². The third-order valence-electron chi connectivity index (χ3n) is 21.0. The van der Waals surface area contributed by atoms with E-state index in [2.05, 4.69) is 198 Å². The summed E-state index contributed by atoms with van der Waals surface area (Å²) in [4.78, 5) is 43.0. The summed E-state index contributed by atoms with van der Waals surface area (Å²) < 4.78 is 0. The number of carbonyl (C=O) groups excluding carboxylic acids is 2. The van der Waals surface area contributed by atoms with E-state index in [4.69, 9.17) is 0 Å². The lowest BCUT2D eigenvalue weighted by Gasteiger charge is -2.35. The second kappa shape index (κ2) is 19.7. The van der Waals surface area contributed by atoms with Crippen molar-refractivity contribution in [2.24, 2.45) is 5.92 Å². The monoisotopic (exact) mass is 1110 g/mol. The van der Waals surface area contributed by atoms with Crippen molar-refractivity contribution in [2.45, 2.75) is 128 Å². The first-order valence-corrected chi connectivity index (χ1v) is 31.3. The van der Waals surface area contributed by atoms with E-state index in [-0.39, 0.29) is 16.2 Å². The Labute approximate surface area is 498 Å². The smallest absolute Gasteiger partial charge is 0.323 e. The van der Waals surface area contributed by atoms with Crippen molar-refractivity contribution in [3.63, 3.8) is 0 Å². The topological polar surface area (TPSA) is 77.9 Å². The molecule has 10 aromatic rings. The van der Waals surface area contributed by atoms with Crippen molar-refractivity contribution < 1.29 is 19.5 Å². The molecule has 6 heteroatoms. The molecule has 2 unspecified atom stereocenters. The molecule has 10 aromatic carbocycles. The zero-order valence-corrected chi connectivity index (χ0v) is 49.7. The van der Waals surface area contributed by atoms with Gasteiger partial charge in [0.25, 0.3) is 11.8 Å². The molecule has 0 bridgehead atoms. The first-order chi connectivity index (χ1) is 41.2. The zero-order valence-electron chi connectivity index (χ0n) is 49.7. The quantitative estimate of drug-likeness (QED) is 0.0451. The molecule has 0 radical (unpaired) electrons. The first-order valence-electron chi connectivity index (χ1n) is 31.3. The Morgan fingerprint density at radius 2 is 1.01 bits per heavy atom. The van der Waals surface area contributed by atoms with Crippen molar-refractivity contribution in [2.75, 3.05) is 11.4 Å². The first kappa shape index (κ1) is 53.1. The molecule has 2 amide bonds. The molecule has 0 saturated carbocycles. The van der Waals surface area contributed by atoms with Crippen LogP contribution >= 0.6 is 0 Å². The lowest BCUT2D eigenvalue weighted by Crippen LogP contribution is -2.43. The lowest BCUT2D eigenvalue weighted by atomic mass is 9.70. The van der Waals surface area contributed by atoms with Crippen LogP contribution in [0.3, 0.4) is 0 Å². The third-order valence-corrected chi connectivity index (χ3v) is 21.0. The van der Waals surface area contributed by atoms with Crippen LogP contribution < -0.4 is 4.90 Å². The van der Waals surface area contributed by atoms with Gasteiger partial charge in [-0.05, 0) is 183 Å². The van der Waals surface area contributed by atoms with Gasteiger partial charge >= 0.3 is 5.97 Å². The third kappa shape index (κ3) is 7.78. The highest BCUT2D eigenvalue weighted by atomic mass is 16.4. The minimum Gasteiger partial charge on any atom is -0.480 e. The van der Waals surface area contributed by atoms with Gasteiger partial charge in [-0.1, -0.05) is 214 Å². The van der Waals surface area contributed by atoms with Gasteiger partial charge in [-0.2, -0.15) is 0 Å². The number of carbonyl (C=O) groups is 3. The summed E-state index contributed by atoms with van der Waals surface area (Å²) >= 11 is 0. The molecule has 6 nitrogen and oxygen atoms in total. The standard InChI is InChI=1S/C79H72N2O4/c1-7-9-11-17-40-79(41-18-12-10-8-2)69-42-47(51-34-35-60-62-37-39-64-74-63(75(84)80(76(64)85)46-71(82)83)38-36-61(73(62)74)59-23-19-22-58(51)72(59)60)26-30-56(69)57-33-29-50(45-70(57)79)81(48-27-31-54-52-20-13-15-24-65(52)77(3,4)67(54)43-48)49-28-32-55-53-21-14-16-25-66(53)78(5,6)68(55)44-49/h13-16,19-39,42-45,52,65H,7-12,17-18,40-41,46H2,1-6H3,(H,82,83). The van der Waals surface area contributed by atoms with Crippen molar-refractivity contribution in [1.82, 2.24) is 4.90 Å². The number of aliphatic carboxylic acids is 1. The maximum absolute atomic E-state index is 13.9. The number of amides is 2. The van der Waals surface area contributed by atoms with Crippen LogP contribution in [0.2, 0.25) is 0 Å². The summed E-state index contributed by atoms with van der Waals surface area (Å²) in [6, 6.07) is 57.1. The molecular formula is C79H72N2O4. The average molecular weight is 1110 g/mol. The highest BCUT2D eigenvalue weighted by molar-refractivity contribution is 6.39.